The maximum absolute atomic E-state index is 10.0. The molecule has 228 valence electrons. The summed E-state index contributed by atoms with van der Waals surface area (Å²) in [7, 11) is 0. The summed E-state index contributed by atoms with van der Waals surface area (Å²) in [4.78, 5) is 0. The maximum Gasteiger partial charge on any atom is 0.0760 e. The van der Waals surface area contributed by atoms with Crippen molar-refractivity contribution in [3.05, 3.63) is 154 Å². The number of allylic oxidation sites excluding steroid dienone is 22. The molecule has 0 amide bonds. The third-order valence-corrected chi connectivity index (χ3v) is 5.86. The van der Waals surface area contributed by atoms with Gasteiger partial charge in [0, 0.05) is 0 Å². The van der Waals surface area contributed by atoms with E-state index in [9.17, 15) is 10.2 Å². The van der Waals surface area contributed by atoms with E-state index in [4.69, 9.17) is 0 Å². The van der Waals surface area contributed by atoms with Crippen LogP contribution in [-0.2, 0) is 0 Å². The predicted molar refractivity (Wildman–Crippen MR) is 188 cm³/mol. The molecule has 2 nitrogen and oxygen atoms in total. The van der Waals surface area contributed by atoms with Crippen molar-refractivity contribution >= 4 is 0 Å². The van der Waals surface area contributed by atoms with Gasteiger partial charge in [0.1, 0.15) is 0 Å². The molecule has 2 heteroatoms. The van der Waals surface area contributed by atoms with Crippen molar-refractivity contribution in [1.82, 2.24) is 0 Å². The molecule has 2 N–H and O–H groups in total. The van der Waals surface area contributed by atoms with Crippen LogP contribution in [0.1, 0.15) is 82.1 Å². The minimum atomic E-state index is -0.420. The second-order valence-corrected chi connectivity index (χ2v) is 11.5. The third-order valence-electron chi connectivity index (χ3n) is 5.86. The van der Waals surface area contributed by atoms with Crippen LogP contribution in [0.5, 0.6) is 0 Å². The first-order chi connectivity index (χ1) is 19.8. The fraction of sp³-hybridized carbons (Fsp3) is 0.350. The van der Waals surface area contributed by atoms with Crippen LogP contribution < -0.4 is 0 Å². The standard InChI is InChI=1S/C40H56O2/c1-31(2)27-39(41)29-37(9)25-15-23-35(7)21-13-19-33(5)17-11-12-18-34(6)20-14-22-36(8)24-16-26-38(10)30-40(42)28-32(3)4/h11-28,39-42H,29-30H2,1-10H3. The van der Waals surface area contributed by atoms with E-state index in [-0.39, 0.29) is 0 Å². The molecule has 0 aromatic rings. The minimum absolute atomic E-state index is 0.420. The second-order valence-electron chi connectivity index (χ2n) is 11.5. The van der Waals surface area contributed by atoms with Gasteiger partial charge in [-0.15, -0.1) is 0 Å². The second kappa shape index (κ2) is 23.1. The highest BCUT2D eigenvalue weighted by molar-refractivity contribution is 5.32. The first-order valence-electron chi connectivity index (χ1n) is 14.8. The minimum Gasteiger partial charge on any atom is -0.389 e. The summed E-state index contributed by atoms with van der Waals surface area (Å²) in [6.45, 7) is 20.4. The lowest BCUT2D eigenvalue weighted by Crippen LogP contribution is -2.02. The monoisotopic (exact) mass is 568 g/mol. The maximum atomic E-state index is 10.0. The summed E-state index contributed by atoms with van der Waals surface area (Å²) in [5, 5.41) is 20.0. The lowest BCUT2D eigenvalue weighted by Gasteiger charge is -2.06. The van der Waals surface area contributed by atoms with Gasteiger partial charge in [-0.2, -0.15) is 0 Å². The van der Waals surface area contributed by atoms with Gasteiger partial charge >= 0.3 is 0 Å². The Hall–Kier alpha value is -3.46. The Balaban J connectivity index is 4.80. The zero-order chi connectivity index (χ0) is 31.9. The quantitative estimate of drug-likeness (QED) is 0.144. The van der Waals surface area contributed by atoms with Crippen LogP contribution in [0.3, 0.4) is 0 Å². The Bertz CT molecular complexity index is 1120. The number of hydrogen-bond acceptors (Lipinski definition) is 2. The van der Waals surface area contributed by atoms with E-state index in [1.165, 1.54) is 11.1 Å². The van der Waals surface area contributed by atoms with Crippen LogP contribution in [0.25, 0.3) is 0 Å². The van der Waals surface area contributed by atoms with Gasteiger partial charge in [0.15, 0.2) is 0 Å². The van der Waals surface area contributed by atoms with Crippen molar-refractivity contribution in [3.63, 3.8) is 0 Å². The Morgan fingerprint density at radius 3 is 0.952 bits per heavy atom. The van der Waals surface area contributed by atoms with Crippen LogP contribution in [0.4, 0.5) is 0 Å². The van der Waals surface area contributed by atoms with Crippen LogP contribution >= 0.6 is 0 Å². The van der Waals surface area contributed by atoms with Gasteiger partial charge in [-0.3, -0.25) is 0 Å². The summed E-state index contributed by atoms with van der Waals surface area (Å²) in [5.74, 6) is 0. The summed E-state index contributed by atoms with van der Waals surface area (Å²) in [6, 6.07) is 0. The number of rotatable bonds is 16. The van der Waals surface area contributed by atoms with E-state index in [1.54, 1.807) is 0 Å². The highest BCUT2D eigenvalue weighted by atomic mass is 16.3. The molecule has 0 radical (unpaired) electrons. The van der Waals surface area contributed by atoms with Gasteiger partial charge < -0.3 is 10.2 Å². The van der Waals surface area contributed by atoms with Gasteiger partial charge in [0.2, 0.25) is 0 Å². The molecule has 0 fully saturated rings. The zero-order valence-electron chi connectivity index (χ0n) is 27.9. The van der Waals surface area contributed by atoms with Crippen LogP contribution in [-0.4, -0.2) is 22.4 Å². The van der Waals surface area contributed by atoms with Gasteiger partial charge in [-0.25, -0.2) is 0 Å². The topological polar surface area (TPSA) is 40.5 Å². The molecule has 0 spiro atoms. The molecular weight excluding hydrogens is 512 g/mol. The van der Waals surface area contributed by atoms with Crippen molar-refractivity contribution in [2.45, 2.75) is 94.3 Å². The average Bonchev–Trinajstić information content (AvgIpc) is 2.85. The lowest BCUT2D eigenvalue weighted by molar-refractivity contribution is 0.222. The number of hydrogen-bond donors (Lipinski definition) is 2. The molecule has 0 aliphatic heterocycles. The molecule has 0 rings (SSSR count). The molecule has 0 heterocycles. The predicted octanol–water partition coefficient (Wildman–Crippen LogP) is 10.9. The molecule has 0 bridgehead atoms. The first kappa shape index (κ1) is 38.5. The first-order valence-corrected chi connectivity index (χ1v) is 14.8. The Morgan fingerprint density at radius 2 is 0.667 bits per heavy atom. The zero-order valence-corrected chi connectivity index (χ0v) is 27.9. The molecule has 0 aliphatic rings. The number of aliphatic hydroxyl groups is 2. The van der Waals surface area contributed by atoms with Gasteiger partial charge in [0.05, 0.1) is 12.2 Å². The van der Waals surface area contributed by atoms with Crippen LogP contribution in [0.15, 0.2) is 154 Å². The van der Waals surface area contributed by atoms with Crippen molar-refractivity contribution < 1.29 is 10.2 Å². The molecule has 0 saturated heterocycles. The number of aliphatic hydroxyl groups excluding tert-OH is 2. The van der Waals surface area contributed by atoms with Crippen molar-refractivity contribution in [2.24, 2.45) is 0 Å². The molecule has 0 saturated carbocycles. The molecule has 0 aromatic heterocycles. The molecule has 2 atom stereocenters. The van der Waals surface area contributed by atoms with E-state index in [2.05, 4.69) is 113 Å². The summed E-state index contributed by atoms with van der Waals surface area (Å²) in [5.41, 5.74) is 9.23. The van der Waals surface area contributed by atoms with E-state index < -0.39 is 12.2 Å². The smallest absolute Gasteiger partial charge is 0.0760 e. The normalized spacial score (nSPS) is 16.5. The Kier molecular flexibility index (Phi) is 21.2. The van der Waals surface area contributed by atoms with E-state index in [0.717, 1.165) is 33.4 Å². The van der Waals surface area contributed by atoms with Gasteiger partial charge in [-0.05, 0) is 82.1 Å². The van der Waals surface area contributed by atoms with Crippen molar-refractivity contribution in [3.8, 4) is 0 Å². The molecule has 0 aliphatic carbocycles. The molecule has 0 aromatic carbocycles. The highest BCUT2D eigenvalue weighted by Gasteiger charge is 2.00. The average molecular weight is 569 g/mol. The largest absolute Gasteiger partial charge is 0.389 e. The Morgan fingerprint density at radius 1 is 0.405 bits per heavy atom. The third kappa shape index (κ3) is 24.3. The summed E-state index contributed by atoms with van der Waals surface area (Å²) in [6.07, 6.45) is 37.4. The van der Waals surface area contributed by atoms with E-state index in [1.807, 2.05) is 65.8 Å². The van der Waals surface area contributed by atoms with Gasteiger partial charge in [-0.1, -0.05) is 154 Å². The molecule has 42 heavy (non-hydrogen) atoms. The fourth-order valence-corrected chi connectivity index (χ4v) is 3.75. The van der Waals surface area contributed by atoms with Crippen LogP contribution in [0.2, 0.25) is 0 Å². The Labute approximate surface area is 258 Å². The van der Waals surface area contributed by atoms with Crippen molar-refractivity contribution in [1.29, 1.82) is 0 Å². The molecule has 2 unspecified atom stereocenters. The van der Waals surface area contributed by atoms with Gasteiger partial charge in [0.25, 0.3) is 0 Å². The summed E-state index contributed by atoms with van der Waals surface area (Å²) >= 11 is 0. The highest BCUT2D eigenvalue weighted by Crippen LogP contribution is 2.10. The van der Waals surface area contributed by atoms with Crippen LogP contribution in [0, 0.1) is 0 Å². The van der Waals surface area contributed by atoms with Crippen molar-refractivity contribution in [2.75, 3.05) is 0 Å². The van der Waals surface area contributed by atoms with E-state index >= 15 is 0 Å². The van der Waals surface area contributed by atoms with E-state index in [0.29, 0.717) is 12.8 Å². The SMILES string of the molecule is CC(C)=CC(O)CC(C)=CC=CC(C)=CC=CC(C)=CC=CC=C(C)C=CC=C(C)C=CC=C(C)CC(O)C=C(C)C. The molecular formula is C40H56O2. The lowest BCUT2D eigenvalue weighted by atomic mass is 10.1. The fourth-order valence-electron chi connectivity index (χ4n) is 3.75. The summed E-state index contributed by atoms with van der Waals surface area (Å²) < 4.78 is 0.